The van der Waals surface area contributed by atoms with E-state index in [9.17, 15) is 4.79 Å². The summed E-state index contributed by atoms with van der Waals surface area (Å²) in [7, 11) is -0.360. The van der Waals surface area contributed by atoms with Crippen molar-refractivity contribution < 1.29 is 14.0 Å². The van der Waals surface area contributed by atoms with Crippen LogP contribution in [0, 0.1) is 5.41 Å². The molecular weight excluding hydrogens is 316 g/mol. The van der Waals surface area contributed by atoms with Gasteiger partial charge in [0.2, 0.25) is 0 Å². The first kappa shape index (κ1) is 21.2. The lowest BCUT2D eigenvalue weighted by atomic mass is 9.82. The summed E-state index contributed by atoms with van der Waals surface area (Å²) in [6.07, 6.45) is 7.40. The molecule has 0 amide bonds. The van der Waals surface area contributed by atoms with Gasteiger partial charge < -0.3 is 9.16 Å². The molecule has 3 nitrogen and oxygen atoms in total. The minimum Gasteiger partial charge on any atom is -0.469 e. The van der Waals surface area contributed by atoms with Crippen molar-refractivity contribution in [3.63, 3.8) is 0 Å². The van der Waals surface area contributed by atoms with Crippen LogP contribution in [0.4, 0.5) is 0 Å². The van der Waals surface area contributed by atoms with Crippen molar-refractivity contribution in [2.75, 3.05) is 7.11 Å². The molecule has 0 aromatic carbocycles. The fourth-order valence-corrected chi connectivity index (χ4v) is 4.36. The summed E-state index contributed by atoms with van der Waals surface area (Å²) >= 11 is 0. The summed E-state index contributed by atoms with van der Waals surface area (Å²) in [5, 5.41) is 0.201. The number of carbonyl (C=O) groups is 1. The lowest BCUT2D eigenvalue weighted by Crippen LogP contribution is -2.45. The highest BCUT2D eigenvalue weighted by molar-refractivity contribution is 6.74. The first-order valence-corrected chi connectivity index (χ1v) is 11.8. The molecule has 0 N–H and O–H groups in total. The Kier molecular flexibility index (Phi) is 6.32. The van der Waals surface area contributed by atoms with Crippen LogP contribution in [0.5, 0.6) is 0 Å². The van der Waals surface area contributed by atoms with Crippen molar-refractivity contribution >= 4 is 14.3 Å². The highest BCUT2D eigenvalue weighted by atomic mass is 28.4. The van der Waals surface area contributed by atoms with E-state index in [1.54, 1.807) is 6.08 Å². The normalized spacial score (nSPS) is 20.2. The maximum atomic E-state index is 12.1. The van der Waals surface area contributed by atoms with Crippen LogP contribution in [0.3, 0.4) is 0 Å². The van der Waals surface area contributed by atoms with Crippen LogP contribution in [0.15, 0.2) is 24.3 Å². The van der Waals surface area contributed by atoms with Gasteiger partial charge in [0.15, 0.2) is 8.32 Å². The summed E-state index contributed by atoms with van der Waals surface area (Å²) in [6, 6.07) is 0. The zero-order chi connectivity index (χ0) is 18.8. The second kappa shape index (κ2) is 7.16. The molecule has 1 aliphatic carbocycles. The van der Waals surface area contributed by atoms with Crippen molar-refractivity contribution in [1.82, 2.24) is 0 Å². The molecule has 1 fully saturated rings. The van der Waals surface area contributed by atoms with E-state index in [1.807, 2.05) is 6.92 Å². The fourth-order valence-electron chi connectivity index (χ4n) is 2.71. The molecule has 1 saturated carbocycles. The van der Waals surface area contributed by atoms with Crippen molar-refractivity contribution in [2.24, 2.45) is 5.41 Å². The van der Waals surface area contributed by atoms with Crippen molar-refractivity contribution in [3.8, 4) is 0 Å². The van der Waals surface area contributed by atoms with Gasteiger partial charge in [-0.1, -0.05) is 32.9 Å². The Labute approximate surface area is 149 Å². The molecule has 0 bridgehead atoms. The summed E-state index contributed by atoms with van der Waals surface area (Å²) in [5.74, 6) is -0.179. The number of methoxy groups -OCH3 is 1. The molecule has 0 spiro atoms. The maximum absolute atomic E-state index is 12.1. The van der Waals surface area contributed by atoms with Gasteiger partial charge in [-0.05, 0) is 63.2 Å². The van der Waals surface area contributed by atoms with Gasteiger partial charge in [0.25, 0.3) is 0 Å². The maximum Gasteiger partial charge on any atom is 0.312 e. The first-order valence-electron chi connectivity index (χ1n) is 8.90. The van der Waals surface area contributed by atoms with E-state index in [1.165, 1.54) is 12.7 Å². The molecule has 0 unspecified atom stereocenters. The molecule has 1 atom stereocenters. The molecule has 1 rings (SSSR count). The van der Waals surface area contributed by atoms with E-state index in [0.29, 0.717) is 12.8 Å². The standard InChI is InChI=1S/C20H36O3Si/c1-10-12-19(6,17(21)22-7)13-11-16(2)20(14-15-20)23-24(8,9)18(3,4)5/h10-11H,1,12-15H2,2-9H3/b16-11-/t19-/m0/s1. The van der Waals surface area contributed by atoms with Gasteiger partial charge in [-0.25, -0.2) is 0 Å². The third kappa shape index (κ3) is 4.60. The molecule has 0 aromatic rings. The highest BCUT2D eigenvalue weighted by Crippen LogP contribution is 2.51. The van der Waals surface area contributed by atoms with Crippen molar-refractivity contribution in [2.45, 2.75) is 84.0 Å². The van der Waals surface area contributed by atoms with Crippen LogP contribution in [-0.2, 0) is 14.0 Å². The molecule has 0 saturated heterocycles. The van der Waals surface area contributed by atoms with Crippen LogP contribution in [-0.4, -0.2) is 27.0 Å². The first-order chi connectivity index (χ1) is 10.8. The van der Waals surface area contributed by atoms with Gasteiger partial charge in [-0.15, -0.1) is 6.58 Å². The number of rotatable bonds is 8. The van der Waals surface area contributed by atoms with E-state index < -0.39 is 13.7 Å². The molecule has 0 radical (unpaired) electrons. The zero-order valence-corrected chi connectivity index (χ0v) is 17.9. The summed E-state index contributed by atoms with van der Waals surface area (Å²) in [6.45, 7) is 19.3. The van der Waals surface area contributed by atoms with E-state index >= 15 is 0 Å². The highest BCUT2D eigenvalue weighted by Gasteiger charge is 2.52. The van der Waals surface area contributed by atoms with Crippen LogP contribution >= 0.6 is 0 Å². The van der Waals surface area contributed by atoms with E-state index in [4.69, 9.17) is 9.16 Å². The van der Waals surface area contributed by atoms with Crippen LogP contribution in [0.2, 0.25) is 18.1 Å². The molecule has 0 heterocycles. The average Bonchev–Trinajstić information content (AvgIpc) is 3.23. The smallest absolute Gasteiger partial charge is 0.312 e. The van der Waals surface area contributed by atoms with Gasteiger partial charge in [0, 0.05) is 0 Å². The van der Waals surface area contributed by atoms with Crippen LogP contribution < -0.4 is 0 Å². The molecule has 1 aliphatic rings. The predicted octanol–water partition coefficient (Wildman–Crippen LogP) is 5.63. The quantitative estimate of drug-likeness (QED) is 0.322. The number of carbonyl (C=O) groups excluding carboxylic acids is 1. The summed E-state index contributed by atoms with van der Waals surface area (Å²) in [5.41, 5.74) is 0.602. The number of allylic oxidation sites excluding steroid dienone is 2. The molecule has 24 heavy (non-hydrogen) atoms. The fraction of sp³-hybridized carbons (Fsp3) is 0.750. The molecule has 4 heteroatoms. The Balaban J connectivity index is 2.92. The molecule has 138 valence electrons. The SMILES string of the molecule is C=CC[C@@](C)(C/C=C(/C)C1(O[Si](C)(C)C(C)(C)C)CC1)C(=O)OC. The number of esters is 1. The number of ether oxygens (including phenoxy) is 1. The monoisotopic (exact) mass is 352 g/mol. The van der Waals surface area contributed by atoms with Gasteiger partial charge in [-0.3, -0.25) is 4.79 Å². The van der Waals surface area contributed by atoms with Gasteiger partial charge in [-0.2, -0.15) is 0 Å². The van der Waals surface area contributed by atoms with E-state index in [-0.39, 0.29) is 16.6 Å². The van der Waals surface area contributed by atoms with Gasteiger partial charge in [0.05, 0.1) is 18.1 Å². The molecule has 0 aromatic heterocycles. The Morgan fingerprint density at radius 2 is 1.75 bits per heavy atom. The third-order valence-corrected chi connectivity index (χ3v) is 10.3. The lowest BCUT2D eigenvalue weighted by molar-refractivity contribution is -0.151. The largest absolute Gasteiger partial charge is 0.469 e. The second-order valence-corrected chi connectivity index (χ2v) is 13.7. The minimum absolute atomic E-state index is 0.103. The van der Waals surface area contributed by atoms with E-state index in [0.717, 1.165) is 12.8 Å². The Hall–Kier alpha value is -0.873. The summed E-state index contributed by atoms with van der Waals surface area (Å²) in [4.78, 5) is 12.1. The Morgan fingerprint density at radius 1 is 1.21 bits per heavy atom. The van der Waals surface area contributed by atoms with Crippen molar-refractivity contribution in [3.05, 3.63) is 24.3 Å². The second-order valence-electron chi connectivity index (χ2n) is 8.99. The third-order valence-electron chi connectivity index (χ3n) is 5.81. The van der Waals surface area contributed by atoms with Gasteiger partial charge >= 0.3 is 5.97 Å². The van der Waals surface area contributed by atoms with Crippen LogP contribution in [0.1, 0.15) is 60.3 Å². The molecular formula is C20H36O3Si. The summed E-state index contributed by atoms with van der Waals surface area (Å²) < 4.78 is 11.7. The molecule has 0 aliphatic heterocycles. The Morgan fingerprint density at radius 3 is 2.12 bits per heavy atom. The Bertz CT molecular complexity index is 509. The van der Waals surface area contributed by atoms with E-state index in [2.05, 4.69) is 53.4 Å². The average molecular weight is 353 g/mol. The minimum atomic E-state index is -1.81. The predicted molar refractivity (Wildman–Crippen MR) is 104 cm³/mol. The van der Waals surface area contributed by atoms with Crippen molar-refractivity contribution in [1.29, 1.82) is 0 Å². The number of hydrogen-bond donors (Lipinski definition) is 0. The van der Waals surface area contributed by atoms with Crippen LogP contribution in [0.25, 0.3) is 0 Å². The van der Waals surface area contributed by atoms with Gasteiger partial charge in [0.1, 0.15) is 0 Å². The lowest BCUT2D eigenvalue weighted by Gasteiger charge is -2.40. The number of hydrogen-bond acceptors (Lipinski definition) is 3. The zero-order valence-electron chi connectivity index (χ0n) is 16.9. The topological polar surface area (TPSA) is 35.5 Å².